The largest absolute Gasteiger partial charge is 0.389 e. The van der Waals surface area contributed by atoms with Crippen LogP contribution in [0.2, 0.25) is 0 Å². The molecule has 1 N–H and O–H groups in total. The van der Waals surface area contributed by atoms with Gasteiger partial charge in [0.15, 0.2) is 0 Å². The van der Waals surface area contributed by atoms with Gasteiger partial charge in [-0.1, -0.05) is 48.5 Å². The van der Waals surface area contributed by atoms with E-state index in [0.717, 1.165) is 5.56 Å². The predicted molar refractivity (Wildman–Crippen MR) is 87.8 cm³/mol. The number of aliphatic hydroxyl groups is 1. The number of hydrogen-bond donors (Lipinski definition) is 1. The predicted octanol–water partition coefficient (Wildman–Crippen LogP) is 2.83. The fourth-order valence-corrected chi connectivity index (χ4v) is 2.89. The zero-order valence-corrected chi connectivity index (χ0v) is 13.0. The highest BCUT2D eigenvalue weighted by Crippen LogP contribution is 2.26. The average molecular weight is 311 g/mol. The number of hydroxylamine groups is 2. The first-order valence-electron chi connectivity index (χ1n) is 7.93. The van der Waals surface area contributed by atoms with Crippen molar-refractivity contribution in [1.82, 2.24) is 5.06 Å². The van der Waals surface area contributed by atoms with E-state index in [-0.39, 0.29) is 5.97 Å². The van der Waals surface area contributed by atoms with Gasteiger partial charge in [0.2, 0.25) is 0 Å². The van der Waals surface area contributed by atoms with Crippen LogP contribution in [0.4, 0.5) is 0 Å². The van der Waals surface area contributed by atoms with Crippen LogP contribution in [-0.2, 0) is 11.3 Å². The van der Waals surface area contributed by atoms with Gasteiger partial charge in [0.25, 0.3) is 0 Å². The lowest BCUT2D eigenvalue weighted by molar-refractivity contribution is -0.153. The van der Waals surface area contributed by atoms with Crippen molar-refractivity contribution in [3.05, 3.63) is 71.8 Å². The Hall–Kier alpha value is -2.17. The van der Waals surface area contributed by atoms with Crippen LogP contribution < -0.4 is 0 Å². The summed E-state index contributed by atoms with van der Waals surface area (Å²) in [4.78, 5) is 17.4. The first kappa shape index (κ1) is 15.7. The molecule has 0 unspecified atom stereocenters. The summed E-state index contributed by atoms with van der Waals surface area (Å²) >= 11 is 0. The molecule has 1 heterocycles. The minimum absolute atomic E-state index is 0.348. The van der Waals surface area contributed by atoms with E-state index in [1.807, 2.05) is 48.5 Å². The lowest BCUT2D eigenvalue weighted by Crippen LogP contribution is -2.46. The Kier molecular flexibility index (Phi) is 4.74. The number of rotatable bonds is 4. The van der Waals surface area contributed by atoms with E-state index in [0.29, 0.717) is 37.9 Å². The molecule has 1 fully saturated rings. The topological polar surface area (TPSA) is 49.8 Å². The van der Waals surface area contributed by atoms with Crippen LogP contribution in [0.25, 0.3) is 0 Å². The molecule has 0 aliphatic carbocycles. The molecule has 0 bridgehead atoms. The van der Waals surface area contributed by atoms with Crippen LogP contribution in [0.5, 0.6) is 0 Å². The highest BCUT2D eigenvalue weighted by Gasteiger charge is 2.33. The first-order chi connectivity index (χ1) is 11.1. The van der Waals surface area contributed by atoms with Crippen LogP contribution >= 0.6 is 0 Å². The second-order valence-corrected chi connectivity index (χ2v) is 6.06. The number of hydrogen-bond acceptors (Lipinski definition) is 4. The number of carbonyl (C=O) groups excluding carboxylic acids is 1. The molecule has 0 aromatic heterocycles. The van der Waals surface area contributed by atoms with Crippen molar-refractivity contribution in [3.63, 3.8) is 0 Å². The van der Waals surface area contributed by atoms with Crippen LogP contribution in [0, 0.1) is 0 Å². The summed E-state index contributed by atoms with van der Waals surface area (Å²) in [5, 5.41) is 12.4. The molecule has 0 atom stereocenters. The molecule has 0 spiro atoms. The highest BCUT2D eigenvalue weighted by atomic mass is 16.7. The Morgan fingerprint density at radius 2 is 1.57 bits per heavy atom. The highest BCUT2D eigenvalue weighted by molar-refractivity contribution is 5.89. The van der Waals surface area contributed by atoms with E-state index in [4.69, 9.17) is 4.84 Å². The van der Waals surface area contributed by atoms with Gasteiger partial charge in [-0.05, 0) is 30.5 Å². The van der Waals surface area contributed by atoms with Gasteiger partial charge in [0.05, 0.1) is 11.2 Å². The van der Waals surface area contributed by atoms with Crippen molar-refractivity contribution >= 4 is 5.97 Å². The van der Waals surface area contributed by atoms with Gasteiger partial charge in [-0.15, -0.1) is 5.06 Å². The van der Waals surface area contributed by atoms with Gasteiger partial charge in [-0.25, -0.2) is 4.79 Å². The van der Waals surface area contributed by atoms with Crippen LogP contribution in [0.15, 0.2) is 60.7 Å². The summed E-state index contributed by atoms with van der Waals surface area (Å²) in [5.74, 6) is -0.348. The van der Waals surface area contributed by atoms with Crippen molar-refractivity contribution in [2.45, 2.75) is 24.9 Å². The zero-order valence-electron chi connectivity index (χ0n) is 13.0. The van der Waals surface area contributed by atoms with Gasteiger partial charge in [0.1, 0.15) is 0 Å². The van der Waals surface area contributed by atoms with Gasteiger partial charge in [-0.2, -0.15) is 0 Å². The van der Waals surface area contributed by atoms with Crippen LogP contribution in [0.3, 0.4) is 0 Å². The molecule has 0 radical (unpaired) electrons. The van der Waals surface area contributed by atoms with Crippen molar-refractivity contribution in [1.29, 1.82) is 0 Å². The first-order valence-corrected chi connectivity index (χ1v) is 7.93. The molecule has 0 saturated carbocycles. The van der Waals surface area contributed by atoms with Crippen molar-refractivity contribution < 1.29 is 14.7 Å². The summed E-state index contributed by atoms with van der Waals surface area (Å²) in [5.41, 5.74) is 0.944. The molecule has 4 heteroatoms. The second kappa shape index (κ2) is 6.94. The molecule has 1 aliphatic heterocycles. The summed E-state index contributed by atoms with van der Waals surface area (Å²) < 4.78 is 0. The Morgan fingerprint density at radius 3 is 2.17 bits per heavy atom. The van der Waals surface area contributed by atoms with Crippen LogP contribution in [-0.4, -0.2) is 34.8 Å². The Balaban J connectivity index is 1.53. The summed E-state index contributed by atoms with van der Waals surface area (Å²) in [6.07, 6.45) is 1.81. The fourth-order valence-electron chi connectivity index (χ4n) is 2.89. The van der Waals surface area contributed by atoms with Gasteiger partial charge < -0.3 is 9.94 Å². The van der Waals surface area contributed by atoms with Crippen LogP contribution in [0.1, 0.15) is 28.8 Å². The molecular weight excluding hydrogens is 290 g/mol. The van der Waals surface area contributed by atoms with Gasteiger partial charge >= 0.3 is 5.97 Å². The normalized spacial score (nSPS) is 17.6. The van der Waals surface area contributed by atoms with Crippen molar-refractivity contribution in [3.8, 4) is 0 Å². The monoisotopic (exact) mass is 311 g/mol. The minimum Gasteiger partial charge on any atom is -0.389 e. The Bertz CT molecular complexity index is 634. The Morgan fingerprint density at radius 1 is 1.00 bits per heavy atom. The summed E-state index contributed by atoms with van der Waals surface area (Å²) in [6.45, 7) is 1.09. The van der Waals surface area contributed by atoms with E-state index in [1.165, 1.54) is 0 Å². The van der Waals surface area contributed by atoms with E-state index in [9.17, 15) is 9.90 Å². The number of carbonyl (C=O) groups is 1. The van der Waals surface area contributed by atoms with E-state index in [2.05, 4.69) is 0 Å². The number of nitrogens with zero attached hydrogens (tertiary/aromatic N) is 1. The van der Waals surface area contributed by atoms with Gasteiger partial charge in [-0.3, -0.25) is 0 Å². The number of benzene rings is 2. The smallest absolute Gasteiger partial charge is 0.357 e. The van der Waals surface area contributed by atoms with E-state index < -0.39 is 5.60 Å². The maximum Gasteiger partial charge on any atom is 0.357 e. The lowest BCUT2D eigenvalue weighted by atomic mass is 9.86. The third-order valence-corrected chi connectivity index (χ3v) is 4.25. The molecule has 120 valence electrons. The molecule has 3 rings (SSSR count). The third kappa shape index (κ3) is 4.18. The van der Waals surface area contributed by atoms with E-state index >= 15 is 0 Å². The average Bonchev–Trinajstić information content (AvgIpc) is 2.59. The second-order valence-electron chi connectivity index (χ2n) is 6.06. The molecule has 0 amide bonds. The number of piperidine rings is 1. The standard InChI is InChI=1S/C19H21NO3/c21-18(17-9-5-2-6-10-17)23-20-13-11-19(22,12-14-20)15-16-7-3-1-4-8-16/h1-10,22H,11-15H2. The quantitative estimate of drug-likeness (QED) is 0.943. The molecule has 2 aromatic rings. The maximum absolute atomic E-state index is 12.0. The molecule has 1 aliphatic rings. The molecule has 2 aromatic carbocycles. The summed E-state index contributed by atoms with van der Waals surface area (Å²) in [6, 6.07) is 18.9. The van der Waals surface area contributed by atoms with E-state index in [1.54, 1.807) is 17.2 Å². The Labute approximate surface area is 136 Å². The third-order valence-electron chi connectivity index (χ3n) is 4.25. The maximum atomic E-state index is 12.0. The summed E-state index contributed by atoms with van der Waals surface area (Å²) in [7, 11) is 0. The molecule has 1 saturated heterocycles. The van der Waals surface area contributed by atoms with Crippen molar-refractivity contribution in [2.24, 2.45) is 0 Å². The zero-order chi connectivity index (χ0) is 16.1. The molecule has 4 nitrogen and oxygen atoms in total. The lowest BCUT2D eigenvalue weighted by Gasteiger charge is -2.37. The molecular formula is C19H21NO3. The van der Waals surface area contributed by atoms with Gasteiger partial charge in [0, 0.05) is 19.5 Å². The molecule has 23 heavy (non-hydrogen) atoms. The minimum atomic E-state index is -0.725. The SMILES string of the molecule is O=C(ON1CCC(O)(Cc2ccccc2)CC1)c1ccccc1. The van der Waals surface area contributed by atoms with Crippen molar-refractivity contribution in [2.75, 3.05) is 13.1 Å². The fraction of sp³-hybridized carbons (Fsp3) is 0.316.